The quantitative estimate of drug-likeness (QED) is 0.897. The van der Waals surface area contributed by atoms with E-state index < -0.39 is 6.10 Å². The molecule has 0 fully saturated rings. The molecule has 0 spiro atoms. The van der Waals surface area contributed by atoms with Crippen LogP contribution in [0.4, 0.5) is 0 Å². The number of aromatic nitrogens is 1. The molecule has 94 valence electrons. The monoisotopic (exact) mass is 243 g/mol. The molecule has 0 amide bonds. The van der Waals surface area contributed by atoms with Crippen LogP contribution < -0.4 is 0 Å². The van der Waals surface area contributed by atoms with E-state index in [1.54, 1.807) is 19.5 Å². The summed E-state index contributed by atoms with van der Waals surface area (Å²) in [5.74, 6) is 0. The van der Waals surface area contributed by atoms with Crippen molar-refractivity contribution in [2.24, 2.45) is 0 Å². The number of aryl methyl sites for hydroxylation is 1. The minimum Gasteiger partial charge on any atom is -0.384 e. The van der Waals surface area contributed by atoms with Crippen molar-refractivity contribution in [3.63, 3.8) is 0 Å². The van der Waals surface area contributed by atoms with Gasteiger partial charge in [0.25, 0.3) is 0 Å². The first-order chi connectivity index (χ1) is 8.70. The number of pyridine rings is 1. The predicted octanol–water partition coefficient (Wildman–Crippen LogP) is 2.62. The van der Waals surface area contributed by atoms with Crippen molar-refractivity contribution < 1.29 is 9.84 Å². The molecule has 0 bridgehead atoms. The number of aliphatic hydroxyl groups is 1. The Hall–Kier alpha value is -1.71. The highest BCUT2D eigenvalue weighted by Gasteiger charge is 2.11. The van der Waals surface area contributed by atoms with Crippen LogP contribution in [-0.4, -0.2) is 17.2 Å². The summed E-state index contributed by atoms with van der Waals surface area (Å²) < 4.78 is 5.09. The van der Waals surface area contributed by atoms with Gasteiger partial charge in [-0.1, -0.05) is 30.3 Å². The summed E-state index contributed by atoms with van der Waals surface area (Å²) in [7, 11) is 1.66. The molecule has 0 aliphatic carbocycles. The first-order valence-electron chi connectivity index (χ1n) is 5.88. The molecular formula is C15H17NO2. The highest BCUT2D eigenvalue weighted by molar-refractivity contribution is 5.32. The molecule has 18 heavy (non-hydrogen) atoms. The van der Waals surface area contributed by atoms with E-state index in [-0.39, 0.29) is 0 Å². The van der Waals surface area contributed by atoms with Gasteiger partial charge in [-0.15, -0.1) is 0 Å². The Morgan fingerprint density at radius 2 is 2.06 bits per heavy atom. The van der Waals surface area contributed by atoms with E-state index in [0.29, 0.717) is 6.61 Å². The van der Waals surface area contributed by atoms with Crippen molar-refractivity contribution in [3.05, 3.63) is 65.0 Å². The number of ether oxygens (including phenoxy) is 1. The largest absolute Gasteiger partial charge is 0.384 e. The Kier molecular flexibility index (Phi) is 4.07. The number of rotatable bonds is 4. The van der Waals surface area contributed by atoms with Crippen LogP contribution in [0.5, 0.6) is 0 Å². The SMILES string of the molecule is COCc1cccc(C(O)c2cncc(C)c2)c1. The predicted molar refractivity (Wildman–Crippen MR) is 70.2 cm³/mol. The van der Waals surface area contributed by atoms with Crippen molar-refractivity contribution in [1.29, 1.82) is 0 Å². The highest BCUT2D eigenvalue weighted by atomic mass is 16.5. The van der Waals surface area contributed by atoms with Crippen LogP contribution in [-0.2, 0) is 11.3 Å². The molecule has 3 heteroatoms. The zero-order valence-electron chi connectivity index (χ0n) is 10.6. The van der Waals surface area contributed by atoms with Gasteiger partial charge < -0.3 is 9.84 Å². The first-order valence-corrected chi connectivity index (χ1v) is 5.88. The second kappa shape index (κ2) is 5.76. The third-order valence-electron chi connectivity index (χ3n) is 2.79. The molecule has 1 aromatic carbocycles. The lowest BCUT2D eigenvalue weighted by Crippen LogP contribution is -2.01. The van der Waals surface area contributed by atoms with Gasteiger partial charge in [0.2, 0.25) is 0 Å². The van der Waals surface area contributed by atoms with Gasteiger partial charge in [0.15, 0.2) is 0 Å². The molecule has 0 aliphatic heterocycles. The molecule has 0 saturated heterocycles. The number of benzene rings is 1. The fourth-order valence-electron chi connectivity index (χ4n) is 1.94. The van der Waals surface area contributed by atoms with Gasteiger partial charge in [-0.05, 0) is 23.6 Å². The van der Waals surface area contributed by atoms with Crippen LogP contribution in [0.2, 0.25) is 0 Å². The van der Waals surface area contributed by atoms with Crippen molar-refractivity contribution in [1.82, 2.24) is 4.98 Å². The Bertz CT molecular complexity index is 525. The summed E-state index contributed by atoms with van der Waals surface area (Å²) in [5.41, 5.74) is 3.76. The summed E-state index contributed by atoms with van der Waals surface area (Å²) >= 11 is 0. The molecule has 0 aliphatic rings. The lowest BCUT2D eigenvalue weighted by Gasteiger charge is -2.12. The second-order valence-electron chi connectivity index (χ2n) is 4.38. The maximum absolute atomic E-state index is 10.3. The van der Waals surface area contributed by atoms with Gasteiger partial charge in [-0.2, -0.15) is 0 Å². The van der Waals surface area contributed by atoms with E-state index in [2.05, 4.69) is 4.98 Å². The number of hydrogen-bond donors (Lipinski definition) is 1. The maximum Gasteiger partial charge on any atom is 0.106 e. The van der Waals surface area contributed by atoms with E-state index in [1.165, 1.54) is 0 Å². The van der Waals surface area contributed by atoms with Gasteiger partial charge in [-0.3, -0.25) is 4.98 Å². The van der Waals surface area contributed by atoms with Gasteiger partial charge in [-0.25, -0.2) is 0 Å². The Morgan fingerprint density at radius 3 is 2.78 bits per heavy atom. The Morgan fingerprint density at radius 1 is 1.22 bits per heavy atom. The van der Waals surface area contributed by atoms with Crippen molar-refractivity contribution in [2.75, 3.05) is 7.11 Å². The standard InChI is InChI=1S/C15H17NO2/c1-11-6-14(9-16-8-11)15(17)13-5-3-4-12(7-13)10-18-2/h3-9,15,17H,10H2,1-2H3. The van der Waals surface area contributed by atoms with E-state index in [0.717, 1.165) is 22.3 Å². The summed E-state index contributed by atoms with van der Waals surface area (Å²) in [6.07, 6.45) is 2.83. The Balaban J connectivity index is 2.27. The molecule has 1 atom stereocenters. The van der Waals surface area contributed by atoms with Crippen LogP contribution in [0.15, 0.2) is 42.7 Å². The van der Waals surface area contributed by atoms with Gasteiger partial charge in [0.05, 0.1) is 6.61 Å². The van der Waals surface area contributed by atoms with Crippen LogP contribution in [0.3, 0.4) is 0 Å². The molecule has 0 saturated carbocycles. The Labute approximate surface area is 107 Å². The molecule has 1 aromatic heterocycles. The zero-order chi connectivity index (χ0) is 13.0. The summed E-state index contributed by atoms with van der Waals surface area (Å²) in [5, 5.41) is 10.3. The maximum atomic E-state index is 10.3. The molecule has 2 aromatic rings. The smallest absolute Gasteiger partial charge is 0.106 e. The minimum atomic E-state index is -0.644. The highest BCUT2D eigenvalue weighted by Crippen LogP contribution is 2.22. The van der Waals surface area contributed by atoms with E-state index in [9.17, 15) is 5.11 Å². The molecule has 2 rings (SSSR count). The fraction of sp³-hybridized carbons (Fsp3) is 0.267. The normalized spacial score (nSPS) is 12.4. The average Bonchev–Trinajstić information content (AvgIpc) is 2.39. The van der Waals surface area contributed by atoms with Crippen molar-refractivity contribution >= 4 is 0 Å². The topological polar surface area (TPSA) is 42.4 Å². The van der Waals surface area contributed by atoms with Crippen molar-refractivity contribution in [3.8, 4) is 0 Å². The van der Waals surface area contributed by atoms with Crippen LogP contribution >= 0.6 is 0 Å². The third-order valence-corrected chi connectivity index (χ3v) is 2.79. The summed E-state index contributed by atoms with van der Waals surface area (Å²) in [6.45, 7) is 2.51. The van der Waals surface area contributed by atoms with E-state index in [1.807, 2.05) is 37.3 Å². The van der Waals surface area contributed by atoms with Crippen molar-refractivity contribution in [2.45, 2.75) is 19.6 Å². The summed E-state index contributed by atoms with van der Waals surface area (Å²) in [4.78, 5) is 4.10. The lowest BCUT2D eigenvalue weighted by molar-refractivity contribution is 0.184. The average molecular weight is 243 g/mol. The van der Waals surface area contributed by atoms with Gasteiger partial charge >= 0.3 is 0 Å². The number of methoxy groups -OCH3 is 1. The van der Waals surface area contributed by atoms with Crippen LogP contribution in [0.25, 0.3) is 0 Å². The summed E-state index contributed by atoms with van der Waals surface area (Å²) in [6, 6.07) is 9.72. The number of aliphatic hydroxyl groups excluding tert-OH is 1. The first kappa shape index (κ1) is 12.7. The molecule has 1 N–H and O–H groups in total. The molecule has 1 unspecified atom stereocenters. The molecular weight excluding hydrogens is 226 g/mol. The molecule has 3 nitrogen and oxygen atoms in total. The van der Waals surface area contributed by atoms with Crippen LogP contribution in [0, 0.1) is 6.92 Å². The number of hydrogen-bond acceptors (Lipinski definition) is 3. The van der Waals surface area contributed by atoms with E-state index >= 15 is 0 Å². The van der Waals surface area contributed by atoms with Gasteiger partial charge in [0, 0.05) is 25.1 Å². The second-order valence-corrected chi connectivity index (χ2v) is 4.38. The zero-order valence-corrected chi connectivity index (χ0v) is 10.6. The van der Waals surface area contributed by atoms with E-state index in [4.69, 9.17) is 4.74 Å². The van der Waals surface area contributed by atoms with Gasteiger partial charge in [0.1, 0.15) is 6.10 Å². The number of nitrogens with zero attached hydrogens (tertiary/aromatic N) is 1. The fourth-order valence-corrected chi connectivity index (χ4v) is 1.94. The molecule has 1 heterocycles. The minimum absolute atomic E-state index is 0.548. The lowest BCUT2D eigenvalue weighted by atomic mass is 10.0. The van der Waals surface area contributed by atoms with Crippen LogP contribution in [0.1, 0.15) is 28.4 Å². The third kappa shape index (κ3) is 2.94. The molecule has 0 radical (unpaired) electrons.